The topological polar surface area (TPSA) is 112 Å². The minimum absolute atomic E-state index is 0.110. The Hall–Kier alpha value is -3.29. The smallest absolute Gasteiger partial charge is 0.274 e. The number of nitrogen functional groups attached to an aromatic ring is 1. The normalized spacial score (nSPS) is 11.9. The van der Waals surface area contributed by atoms with Crippen molar-refractivity contribution in [3.05, 3.63) is 60.3 Å². The minimum Gasteiger partial charge on any atom is -0.382 e. The lowest BCUT2D eigenvalue weighted by Gasteiger charge is -2.15. The van der Waals surface area contributed by atoms with Gasteiger partial charge in [-0.3, -0.25) is 4.79 Å². The monoisotopic (exact) mass is 309 g/mol. The van der Waals surface area contributed by atoms with Gasteiger partial charge in [-0.25, -0.2) is 14.6 Å². The molecule has 1 aromatic carbocycles. The van der Waals surface area contributed by atoms with Gasteiger partial charge in [-0.15, -0.1) is 5.10 Å². The Bertz CT molecular complexity index is 799. The summed E-state index contributed by atoms with van der Waals surface area (Å²) in [5, 5.41) is 10.5. The first-order valence-electron chi connectivity index (χ1n) is 6.99. The predicted molar refractivity (Wildman–Crippen MR) is 83.7 cm³/mol. The number of rotatable bonds is 4. The lowest BCUT2D eigenvalue weighted by atomic mass is 10.1. The summed E-state index contributed by atoms with van der Waals surface area (Å²) in [6.45, 7) is 1.88. The van der Waals surface area contributed by atoms with Gasteiger partial charge in [-0.05, 0) is 24.6 Å². The summed E-state index contributed by atoms with van der Waals surface area (Å²) in [6, 6.07) is 7.45. The van der Waals surface area contributed by atoms with Crippen molar-refractivity contribution in [2.75, 3.05) is 5.73 Å². The largest absolute Gasteiger partial charge is 0.382 e. The molecule has 0 bridgehead atoms. The van der Waals surface area contributed by atoms with E-state index >= 15 is 0 Å². The van der Waals surface area contributed by atoms with Crippen molar-refractivity contribution in [2.24, 2.45) is 0 Å². The van der Waals surface area contributed by atoms with E-state index in [4.69, 9.17) is 5.73 Å². The standard InChI is InChI=1S/C15H15N7O/c1-10(20-15(23)13-14(16)18-7-6-17-13)11-2-4-12(5-3-11)22-9-8-19-21-22/h2-10H,1H3,(H2,16,18)(H,20,23)/t10-/m0/s1. The maximum Gasteiger partial charge on any atom is 0.274 e. The number of nitrogens with one attached hydrogen (secondary N) is 1. The van der Waals surface area contributed by atoms with Gasteiger partial charge >= 0.3 is 0 Å². The molecule has 23 heavy (non-hydrogen) atoms. The fraction of sp³-hybridized carbons (Fsp3) is 0.133. The van der Waals surface area contributed by atoms with Gasteiger partial charge in [0.2, 0.25) is 0 Å². The quantitative estimate of drug-likeness (QED) is 0.747. The summed E-state index contributed by atoms with van der Waals surface area (Å²) in [5.74, 6) is -0.248. The van der Waals surface area contributed by atoms with Crippen LogP contribution in [0.3, 0.4) is 0 Å². The number of anilines is 1. The van der Waals surface area contributed by atoms with Crippen LogP contribution < -0.4 is 11.1 Å². The van der Waals surface area contributed by atoms with Crippen molar-refractivity contribution in [3.63, 3.8) is 0 Å². The van der Waals surface area contributed by atoms with Crippen LogP contribution in [0, 0.1) is 0 Å². The molecule has 0 unspecified atom stereocenters. The van der Waals surface area contributed by atoms with Crippen LogP contribution in [-0.2, 0) is 0 Å². The van der Waals surface area contributed by atoms with Crippen molar-refractivity contribution in [3.8, 4) is 5.69 Å². The highest BCUT2D eigenvalue weighted by atomic mass is 16.2. The third-order valence-corrected chi connectivity index (χ3v) is 3.37. The molecule has 0 aliphatic rings. The van der Waals surface area contributed by atoms with E-state index in [9.17, 15) is 4.79 Å². The Kier molecular flexibility index (Phi) is 3.96. The molecule has 0 fully saturated rings. The number of aromatic nitrogens is 5. The van der Waals surface area contributed by atoms with Crippen LogP contribution in [0.25, 0.3) is 5.69 Å². The zero-order valence-corrected chi connectivity index (χ0v) is 12.4. The van der Waals surface area contributed by atoms with Crippen molar-refractivity contribution in [1.82, 2.24) is 30.3 Å². The van der Waals surface area contributed by atoms with E-state index in [-0.39, 0.29) is 23.5 Å². The molecule has 0 aliphatic carbocycles. The molecular formula is C15H15N7O. The molecule has 8 heteroatoms. The minimum atomic E-state index is -0.358. The summed E-state index contributed by atoms with van der Waals surface area (Å²) < 4.78 is 1.66. The summed E-state index contributed by atoms with van der Waals surface area (Å²) in [7, 11) is 0. The molecule has 0 aliphatic heterocycles. The van der Waals surface area contributed by atoms with Crippen LogP contribution in [0.5, 0.6) is 0 Å². The third-order valence-electron chi connectivity index (χ3n) is 3.37. The molecule has 3 aromatic rings. The summed E-state index contributed by atoms with van der Waals surface area (Å²) in [5.41, 5.74) is 7.62. The molecule has 116 valence electrons. The molecule has 2 heterocycles. The number of hydrogen-bond donors (Lipinski definition) is 2. The van der Waals surface area contributed by atoms with Crippen molar-refractivity contribution < 1.29 is 4.79 Å². The van der Waals surface area contributed by atoms with Crippen LogP contribution in [0.2, 0.25) is 0 Å². The Morgan fingerprint density at radius 2 is 1.91 bits per heavy atom. The second-order valence-electron chi connectivity index (χ2n) is 4.92. The van der Waals surface area contributed by atoms with Crippen LogP contribution in [0.1, 0.15) is 29.0 Å². The van der Waals surface area contributed by atoms with E-state index in [0.29, 0.717) is 0 Å². The Labute approximate surface area is 132 Å². The molecule has 1 atom stereocenters. The third kappa shape index (κ3) is 3.15. The van der Waals surface area contributed by atoms with Gasteiger partial charge in [0.25, 0.3) is 5.91 Å². The van der Waals surface area contributed by atoms with E-state index in [2.05, 4.69) is 25.6 Å². The molecule has 3 rings (SSSR count). The highest BCUT2D eigenvalue weighted by Gasteiger charge is 2.15. The highest BCUT2D eigenvalue weighted by molar-refractivity contribution is 5.96. The lowest BCUT2D eigenvalue weighted by molar-refractivity contribution is 0.0935. The molecule has 0 saturated heterocycles. The van der Waals surface area contributed by atoms with E-state index < -0.39 is 0 Å². The van der Waals surface area contributed by atoms with E-state index in [1.807, 2.05) is 31.2 Å². The SMILES string of the molecule is C[C@H](NC(=O)c1nccnc1N)c1ccc(-n2ccnn2)cc1. The summed E-state index contributed by atoms with van der Waals surface area (Å²) in [6.07, 6.45) is 6.25. The van der Waals surface area contributed by atoms with Crippen LogP contribution in [0.15, 0.2) is 49.1 Å². The van der Waals surface area contributed by atoms with Crippen LogP contribution in [0.4, 0.5) is 5.82 Å². The molecule has 0 radical (unpaired) electrons. The van der Waals surface area contributed by atoms with Crippen LogP contribution >= 0.6 is 0 Å². The molecule has 1 amide bonds. The molecule has 0 saturated carbocycles. The fourth-order valence-corrected chi connectivity index (χ4v) is 2.13. The Morgan fingerprint density at radius 1 is 1.17 bits per heavy atom. The zero-order valence-electron chi connectivity index (χ0n) is 12.4. The van der Waals surface area contributed by atoms with Gasteiger partial charge in [0.15, 0.2) is 11.5 Å². The fourth-order valence-electron chi connectivity index (χ4n) is 2.13. The van der Waals surface area contributed by atoms with Gasteiger partial charge in [-0.2, -0.15) is 0 Å². The van der Waals surface area contributed by atoms with Gasteiger partial charge in [0, 0.05) is 12.4 Å². The lowest BCUT2D eigenvalue weighted by Crippen LogP contribution is -2.28. The molecule has 2 aromatic heterocycles. The van der Waals surface area contributed by atoms with E-state index in [1.54, 1.807) is 17.1 Å². The van der Waals surface area contributed by atoms with Gasteiger partial charge in [0.05, 0.1) is 24.1 Å². The average Bonchev–Trinajstić information content (AvgIpc) is 3.09. The molecule has 8 nitrogen and oxygen atoms in total. The number of carbonyl (C=O) groups excluding carboxylic acids is 1. The molecule has 3 N–H and O–H groups in total. The number of nitrogens with zero attached hydrogens (tertiary/aromatic N) is 5. The van der Waals surface area contributed by atoms with Crippen molar-refractivity contribution in [1.29, 1.82) is 0 Å². The van der Waals surface area contributed by atoms with E-state index in [0.717, 1.165) is 11.3 Å². The van der Waals surface area contributed by atoms with Gasteiger partial charge < -0.3 is 11.1 Å². The summed E-state index contributed by atoms with van der Waals surface area (Å²) >= 11 is 0. The van der Waals surface area contributed by atoms with E-state index in [1.165, 1.54) is 12.4 Å². The maximum absolute atomic E-state index is 12.2. The Balaban J connectivity index is 1.72. The second-order valence-corrected chi connectivity index (χ2v) is 4.92. The number of hydrogen-bond acceptors (Lipinski definition) is 6. The predicted octanol–water partition coefficient (Wildman–Crippen LogP) is 1.13. The van der Waals surface area contributed by atoms with Crippen LogP contribution in [-0.4, -0.2) is 30.9 Å². The summed E-state index contributed by atoms with van der Waals surface area (Å²) in [4.78, 5) is 20.0. The number of carbonyl (C=O) groups is 1. The molecule has 0 spiro atoms. The Morgan fingerprint density at radius 3 is 2.57 bits per heavy atom. The highest BCUT2D eigenvalue weighted by Crippen LogP contribution is 2.16. The molecular weight excluding hydrogens is 294 g/mol. The number of benzene rings is 1. The maximum atomic E-state index is 12.2. The number of nitrogens with two attached hydrogens (primary N) is 1. The first-order valence-corrected chi connectivity index (χ1v) is 6.99. The first-order chi connectivity index (χ1) is 11.1. The van der Waals surface area contributed by atoms with Crippen molar-refractivity contribution >= 4 is 11.7 Å². The van der Waals surface area contributed by atoms with Gasteiger partial charge in [-0.1, -0.05) is 17.3 Å². The zero-order chi connectivity index (χ0) is 16.2. The first kappa shape index (κ1) is 14.6. The number of amides is 1. The van der Waals surface area contributed by atoms with Gasteiger partial charge in [0.1, 0.15) is 0 Å². The van der Waals surface area contributed by atoms with Crippen molar-refractivity contribution in [2.45, 2.75) is 13.0 Å². The average molecular weight is 309 g/mol. The second kappa shape index (κ2) is 6.22.